The molecular formula is C46H62N8O5. The summed E-state index contributed by atoms with van der Waals surface area (Å²) in [5.41, 5.74) is 5.61. The van der Waals surface area contributed by atoms with Crippen molar-refractivity contribution < 1.29 is 24.6 Å². The number of carboxylic acid groups (broad SMARTS) is 2. The van der Waals surface area contributed by atoms with Crippen molar-refractivity contribution in [1.82, 2.24) is 29.6 Å². The summed E-state index contributed by atoms with van der Waals surface area (Å²) in [7, 11) is 2.21. The molecule has 4 N–H and O–H groups in total. The quantitative estimate of drug-likeness (QED) is 0.156. The number of benzene rings is 1. The van der Waals surface area contributed by atoms with Gasteiger partial charge in [-0.3, -0.25) is 24.2 Å². The van der Waals surface area contributed by atoms with Gasteiger partial charge in [-0.05, 0) is 119 Å². The lowest BCUT2D eigenvalue weighted by molar-refractivity contribution is -0.153. The molecule has 3 aromatic rings. The number of nitrogens with one attached hydrogen (secondary N) is 2. The van der Waals surface area contributed by atoms with E-state index in [0.29, 0.717) is 37.0 Å². The molecule has 5 aliphatic rings. The average molecular weight is 807 g/mol. The van der Waals surface area contributed by atoms with Crippen LogP contribution in [0.2, 0.25) is 0 Å². The smallest absolute Gasteiger partial charge is 0.325 e. The molecule has 1 amide bonds. The summed E-state index contributed by atoms with van der Waals surface area (Å²) in [4.78, 5) is 55.0. The number of carboxylic acids is 2. The molecule has 2 aromatic heterocycles. The van der Waals surface area contributed by atoms with Gasteiger partial charge in [-0.25, -0.2) is 9.97 Å². The highest BCUT2D eigenvalue weighted by molar-refractivity contribution is 5.81. The van der Waals surface area contributed by atoms with E-state index in [1.54, 1.807) is 0 Å². The number of fused-ring (bicyclic) bond motifs is 2. The number of carbonyl (C=O) groups is 3. The predicted octanol–water partition coefficient (Wildman–Crippen LogP) is 4.83. The van der Waals surface area contributed by atoms with Crippen LogP contribution in [-0.4, -0.2) is 136 Å². The van der Waals surface area contributed by atoms with Crippen LogP contribution in [0.1, 0.15) is 79.1 Å². The monoisotopic (exact) mass is 806 g/mol. The molecule has 316 valence electrons. The third-order valence-electron chi connectivity index (χ3n) is 13.8. The molecule has 3 saturated heterocycles. The van der Waals surface area contributed by atoms with Gasteiger partial charge in [0.1, 0.15) is 17.7 Å². The van der Waals surface area contributed by atoms with Gasteiger partial charge in [0.25, 0.3) is 0 Å². The van der Waals surface area contributed by atoms with Gasteiger partial charge in [0, 0.05) is 75.2 Å². The Morgan fingerprint density at radius 2 is 1.58 bits per heavy atom. The highest BCUT2D eigenvalue weighted by Crippen LogP contribution is 2.34. The molecule has 2 unspecified atom stereocenters. The third kappa shape index (κ3) is 10.1. The Bertz CT molecular complexity index is 1930. The summed E-state index contributed by atoms with van der Waals surface area (Å²) in [5.74, 6) is 1.43. The lowest BCUT2D eigenvalue weighted by Crippen LogP contribution is -2.57. The van der Waals surface area contributed by atoms with Crippen molar-refractivity contribution >= 4 is 29.5 Å². The van der Waals surface area contributed by atoms with E-state index in [4.69, 9.17) is 15.1 Å². The van der Waals surface area contributed by atoms with Crippen molar-refractivity contribution in [2.75, 3.05) is 76.6 Å². The number of aromatic nitrogens is 2. The van der Waals surface area contributed by atoms with Crippen LogP contribution in [0.15, 0.2) is 54.6 Å². The number of likely N-dealkylation sites (tertiary alicyclic amines) is 3. The molecule has 1 aromatic carbocycles. The molecule has 0 spiro atoms. The second-order valence-corrected chi connectivity index (χ2v) is 17.9. The zero-order valence-electron chi connectivity index (χ0n) is 34.6. The summed E-state index contributed by atoms with van der Waals surface area (Å²) >= 11 is 0. The number of amides is 1. The molecule has 13 heteroatoms. The van der Waals surface area contributed by atoms with Gasteiger partial charge in [-0.2, -0.15) is 0 Å². The molecule has 0 radical (unpaired) electrons. The number of carbonyl (C=O) groups excluding carboxylic acids is 1. The number of aryl methyl sites for hydroxylation is 2. The van der Waals surface area contributed by atoms with E-state index in [1.165, 1.54) is 11.1 Å². The lowest BCUT2D eigenvalue weighted by Gasteiger charge is -2.44. The first-order valence-corrected chi connectivity index (χ1v) is 22.1. The van der Waals surface area contributed by atoms with E-state index < -0.39 is 18.0 Å². The second kappa shape index (κ2) is 18.8. The number of unbranched alkanes of at least 4 members (excludes halogenated alkanes) is 1. The minimum atomic E-state index is -0.873. The number of aliphatic carboxylic acids is 2. The molecular weight excluding hydrogens is 745 g/mol. The fourth-order valence-corrected chi connectivity index (χ4v) is 10.2. The van der Waals surface area contributed by atoms with Gasteiger partial charge in [0.05, 0.1) is 12.5 Å². The van der Waals surface area contributed by atoms with Crippen LogP contribution in [-0.2, 0) is 40.1 Å². The Kier molecular flexibility index (Phi) is 13.1. The van der Waals surface area contributed by atoms with E-state index in [1.807, 2.05) is 45.0 Å². The van der Waals surface area contributed by atoms with Crippen LogP contribution in [0.5, 0.6) is 0 Å². The first-order valence-electron chi connectivity index (χ1n) is 22.1. The maximum atomic E-state index is 13.3. The van der Waals surface area contributed by atoms with Gasteiger partial charge < -0.3 is 30.6 Å². The minimum absolute atomic E-state index is 0.134. The van der Waals surface area contributed by atoms with Crippen LogP contribution in [0.25, 0.3) is 0 Å². The van der Waals surface area contributed by atoms with Crippen molar-refractivity contribution in [1.29, 1.82) is 0 Å². The maximum absolute atomic E-state index is 13.3. The zero-order chi connectivity index (χ0) is 40.9. The van der Waals surface area contributed by atoms with Crippen molar-refractivity contribution in [3.63, 3.8) is 0 Å². The Labute approximate surface area is 348 Å². The van der Waals surface area contributed by atoms with Crippen molar-refractivity contribution in [2.45, 2.75) is 88.8 Å². The van der Waals surface area contributed by atoms with E-state index in [0.717, 1.165) is 138 Å². The van der Waals surface area contributed by atoms with Crippen LogP contribution in [0.3, 0.4) is 0 Å². The SMILES string of the molecule is CN(CCCCc1ccc2c(n1)NC(C1CNc3nc(CC4CCN(C(=O)C5CN([C@H](C(=O)O)c6ccccc6)C5)CC4)ccc3C1)CC2)C1CCN(CC(=O)O)CC1. The Hall–Kier alpha value is -4.59. The standard InChI is InChI=1S/C46H62N8O5/c1-51(39-18-21-52(22-19-39)30-41(55)56)20-6-5-9-37-13-10-33-12-15-40(50-44(33)48-37)35-26-34-11-14-38(49-43(34)47-27-35)25-31-16-23-53(24-17-31)45(57)36-28-54(29-36)42(46(58)59)32-7-3-2-4-8-32/h2-4,7-8,10-11,13-14,31,35-36,39-40,42H,5-6,9,12,15-30H2,1H3,(H,47,49)(H,48,50)(H,55,56)(H,58,59)/t35?,40?,42-/m0/s1. The van der Waals surface area contributed by atoms with E-state index >= 15 is 0 Å². The fourth-order valence-electron chi connectivity index (χ4n) is 10.2. The molecule has 0 saturated carbocycles. The van der Waals surface area contributed by atoms with Gasteiger partial charge >= 0.3 is 11.9 Å². The largest absolute Gasteiger partial charge is 0.480 e. The summed E-state index contributed by atoms with van der Waals surface area (Å²) in [5, 5.41) is 26.5. The van der Waals surface area contributed by atoms with Gasteiger partial charge in [0.15, 0.2) is 0 Å². The fraction of sp³-hybridized carbons (Fsp3) is 0.587. The lowest BCUT2D eigenvalue weighted by atomic mass is 9.84. The van der Waals surface area contributed by atoms with Crippen LogP contribution in [0.4, 0.5) is 11.6 Å². The molecule has 13 nitrogen and oxygen atoms in total. The predicted molar refractivity (Wildman–Crippen MR) is 227 cm³/mol. The van der Waals surface area contributed by atoms with Crippen molar-refractivity contribution in [3.05, 3.63) is 82.7 Å². The van der Waals surface area contributed by atoms with E-state index in [2.05, 4.69) is 46.8 Å². The highest BCUT2D eigenvalue weighted by Gasteiger charge is 2.42. The molecule has 3 fully saturated rings. The molecule has 7 heterocycles. The molecule has 8 rings (SSSR count). The Balaban J connectivity index is 0.752. The number of piperidine rings is 2. The first-order chi connectivity index (χ1) is 28.7. The number of hydrogen-bond donors (Lipinski definition) is 4. The topological polar surface area (TPSA) is 154 Å². The summed E-state index contributed by atoms with van der Waals surface area (Å²) in [6.45, 7) is 6.29. The summed E-state index contributed by atoms with van der Waals surface area (Å²) < 4.78 is 0. The number of anilines is 2. The average Bonchev–Trinajstić information content (AvgIpc) is 3.23. The van der Waals surface area contributed by atoms with Crippen LogP contribution in [0, 0.1) is 17.8 Å². The van der Waals surface area contributed by atoms with Crippen molar-refractivity contribution in [3.8, 4) is 0 Å². The number of nitrogens with zero attached hydrogens (tertiary/aromatic N) is 6. The van der Waals surface area contributed by atoms with E-state index in [-0.39, 0.29) is 18.4 Å². The molecule has 59 heavy (non-hydrogen) atoms. The Morgan fingerprint density at radius 1 is 0.847 bits per heavy atom. The van der Waals surface area contributed by atoms with Gasteiger partial charge in [-0.1, -0.05) is 42.5 Å². The molecule has 5 aliphatic heterocycles. The molecule has 0 bridgehead atoms. The minimum Gasteiger partial charge on any atom is -0.480 e. The first kappa shape index (κ1) is 41.2. The van der Waals surface area contributed by atoms with E-state index in [9.17, 15) is 19.5 Å². The zero-order valence-corrected chi connectivity index (χ0v) is 34.6. The summed E-state index contributed by atoms with van der Waals surface area (Å²) in [6.07, 6.45) is 11.2. The summed E-state index contributed by atoms with van der Waals surface area (Å²) in [6, 6.07) is 18.4. The number of hydrogen-bond acceptors (Lipinski definition) is 10. The second-order valence-electron chi connectivity index (χ2n) is 17.9. The van der Waals surface area contributed by atoms with Crippen LogP contribution >= 0.6 is 0 Å². The normalized spacial score (nSPS) is 22.4. The van der Waals surface area contributed by atoms with Gasteiger partial charge in [0.2, 0.25) is 5.91 Å². The number of pyridine rings is 2. The Morgan fingerprint density at radius 3 is 2.32 bits per heavy atom. The van der Waals surface area contributed by atoms with Gasteiger partial charge in [-0.15, -0.1) is 0 Å². The third-order valence-corrected chi connectivity index (χ3v) is 13.8. The highest BCUT2D eigenvalue weighted by atomic mass is 16.4. The maximum Gasteiger partial charge on any atom is 0.325 e. The van der Waals surface area contributed by atoms with Crippen LogP contribution < -0.4 is 10.6 Å². The number of rotatable bonds is 15. The molecule has 0 aliphatic carbocycles. The molecule has 3 atom stereocenters. The van der Waals surface area contributed by atoms with Crippen molar-refractivity contribution in [2.24, 2.45) is 17.8 Å².